The maximum Gasteiger partial charge on any atom is 0.223 e. The van der Waals surface area contributed by atoms with Crippen LogP contribution >= 0.6 is 0 Å². The minimum absolute atomic E-state index is 0.262. The fourth-order valence-electron chi connectivity index (χ4n) is 0.535. The number of hydrogen-bond donors (Lipinski definition) is 2. The second-order valence-electron chi connectivity index (χ2n) is 1.53. The Bertz CT molecular complexity index is 209. The Morgan fingerprint density at radius 3 is 2.00 bits per heavy atom. The number of hydrogen-bond acceptors (Lipinski definition) is 3. The van der Waals surface area contributed by atoms with Gasteiger partial charge in [-0.05, 0) is 0 Å². The van der Waals surface area contributed by atoms with Gasteiger partial charge in [0.05, 0.1) is 0 Å². The molecule has 0 aliphatic carbocycles. The van der Waals surface area contributed by atoms with Gasteiger partial charge >= 0.3 is 0 Å². The van der Waals surface area contributed by atoms with Crippen molar-refractivity contribution in [1.29, 1.82) is 0 Å². The molecule has 0 bridgehead atoms. The van der Waals surface area contributed by atoms with E-state index in [2.05, 4.69) is 0 Å². The quantitative estimate of drug-likeness (QED) is 0.519. The maximum atomic E-state index is 9.95. The van der Waals surface area contributed by atoms with Crippen molar-refractivity contribution in [2.24, 2.45) is 0 Å². The normalized spacial score (nSPS) is 9.33. The van der Waals surface area contributed by atoms with Gasteiger partial charge in [0.1, 0.15) is 0 Å². The van der Waals surface area contributed by atoms with Crippen molar-refractivity contribution in [1.82, 2.24) is 4.57 Å². The molecule has 4 heteroatoms. The fourth-order valence-corrected chi connectivity index (χ4v) is 0.535. The topological polar surface area (TPSA) is 62.5 Å². The van der Waals surface area contributed by atoms with Gasteiger partial charge in [0, 0.05) is 12.1 Å². The Balaban J connectivity index is 3.22. The van der Waals surface area contributed by atoms with E-state index in [1.165, 1.54) is 12.1 Å². The molecule has 0 saturated carbocycles. The Morgan fingerprint density at radius 1 is 1.33 bits per heavy atom. The van der Waals surface area contributed by atoms with E-state index < -0.39 is 0 Å². The second-order valence-corrected chi connectivity index (χ2v) is 1.53. The molecule has 48 valence electrons. The lowest BCUT2D eigenvalue weighted by Gasteiger charge is -1.91. The standard InChI is InChI=1S/C5H5NO3/c7-3-6-4(8)1-2-5(6)9/h1-3,8-9H. The average Bonchev–Trinajstić information content (AvgIpc) is 2.12. The minimum atomic E-state index is -0.262. The largest absolute Gasteiger partial charge is 0.494 e. The van der Waals surface area contributed by atoms with Crippen LogP contribution < -0.4 is 0 Å². The molecule has 0 fully saturated rings. The van der Waals surface area contributed by atoms with Gasteiger partial charge in [-0.2, -0.15) is 0 Å². The summed E-state index contributed by atoms with van der Waals surface area (Å²) in [5.41, 5.74) is 0. The maximum absolute atomic E-state index is 9.95. The minimum Gasteiger partial charge on any atom is -0.494 e. The summed E-state index contributed by atoms with van der Waals surface area (Å²) in [6.07, 6.45) is 0.324. The van der Waals surface area contributed by atoms with Crippen molar-refractivity contribution >= 4 is 6.41 Å². The van der Waals surface area contributed by atoms with Gasteiger partial charge in [0.15, 0.2) is 0 Å². The van der Waals surface area contributed by atoms with Crippen molar-refractivity contribution in [3.8, 4) is 11.8 Å². The van der Waals surface area contributed by atoms with Crippen LogP contribution in [0.4, 0.5) is 0 Å². The van der Waals surface area contributed by atoms with Crippen LogP contribution in [-0.2, 0) is 4.79 Å². The smallest absolute Gasteiger partial charge is 0.223 e. The molecular weight excluding hydrogens is 122 g/mol. The van der Waals surface area contributed by atoms with Crippen molar-refractivity contribution in [3.63, 3.8) is 0 Å². The molecule has 1 aromatic heterocycles. The lowest BCUT2D eigenvalue weighted by atomic mass is 10.6. The van der Waals surface area contributed by atoms with Gasteiger partial charge in [0.2, 0.25) is 18.2 Å². The molecule has 9 heavy (non-hydrogen) atoms. The zero-order chi connectivity index (χ0) is 6.85. The number of carbonyl (C=O) groups excluding carboxylic acids is 1. The second kappa shape index (κ2) is 1.81. The molecule has 0 atom stereocenters. The number of rotatable bonds is 1. The van der Waals surface area contributed by atoms with Crippen LogP contribution in [0.3, 0.4) is 0 Å². The van der Waals surface area contributed by atoms with Gasteiger partial charge in [0.25, 0.3) is 0 Å². The van der Waals surface area contributed by atoms with Crippen molar-refractivity contribution in [2.75, 3.05) is 0 Å². The van der Waals surface area contributed by atoms with E-state index in [0.717, 1.165) is 4.57 Å². The summed E-state index contributed by atoms with van der Waals surface area (Å²) < 4.78 is 0.722. The molecule has 4 nitrogen and oxygen atoms in total. The van der Waals surface area contributed by atoms with E-state index in [1.54, 1.807) is 0 Å². The van der Waals surface area contributed by atoms with E-state index >= 15 is 0 Å². The highest BCUT2D eigenvalue weighted by atomic mass is 16.3. The first-order chi connectivity index (χ1) is 4.25. The van der Waals surface area contributed by atoms with Crippen LogP contribution in [0.1, 0.15) is 0 Å². The highest BCUT2D eigenvalue weighted by Gasteiger charge is 2.01. The van der Waals surface area contributed by atoms with Crippen LogP contribution in [0.5, 0.6) is 11.8 Å². The van der Waals surface area contributed by atoms with Gasteiger partial charge in [-0.15, -0.1) is 0 Å². The van der Waals surface area contributed by atoms with Crippen LogP contribution in [-0.4, -0.2) is 21.2 Å². The summed E-state index contributed by atoms with van der Waals surface area (Å²) in [4.78, 5) is 9.95. The predicted octanol–water partition coefficient (Wildman–Crippen LogP) is -0.0624. The Hall–Kier alpha value is -1.45. The first-order valence-electron chi connectivity index (χ1n) is 2.30. The summed E-state index contributed by atoms with van der Waals surface area (Å²) in [6.45, 7) is 0. The van der Waals surface area contributed by atoms with E-state index in [0.29, 0.717) is 6.41 Å². The SMILES string of the molecule is O=Cn1c(O)ccc1O. The van der Waals surface area contributed by atoms with E-state index in [4.69, 9.17) is 10.2 Å². The van der Waals surface area contributed by atoms with Crippen LogP contribution in [0, 0.1) is 0 Å². The molecule has 0 saturated heterocycles. The predicted molar refractivity (Wildman–Crippen MR) is 29.9 cm³/mol. The van der Waals surface area contributed by atoms with Crippen LogP contribution in [0.25, 0.3) is 0 Å². The highest BCUT2D eigenvalue weighted by molar-refractivity contribution is 5.59. The van der Waals surface area contributed by atoms with Crippen LogP contribution in [0.15, 0.2) is 12.1 Å². The Labute approximate surface area is 51.0 Å². The zero-order valence-corrected chi connectivity index (χ0v) is 4.48. The molecule has 0 spiro atoms. The molecule has 0 unspecified atom stereocenters. The van der Waals surface area contributed by atoms with Gasteiger partial charge in [-0.3, -0.25) is 4.79 Å². The first-order valence-corrected chi connectivity index (χ1v) is 2.30. The van der Waals surface area contributed by atoms with Gasteiger partial charge < -0.3 is 10.2 Å². The summed E-state index contributed by atoms with van der Waals surface area (Å²) in [5, 5.41) is 17.4. The van der Waals surface area contributed by atoms with Crippen LogP contribution in [0.2, 0.25) is 0 Å². The van der Waals surface area contributed by atoms with E-state index in [1.807, 2.05) is 0 Å². The number of nitrogens with zero attached hydrogens (tertiary/aromatic N) is 1. The van der Waals surface area contributed by atoms with Crippen molar-refractivity contribution in [3.05, 3.63) is 12.1 Å². The molecule has 0 aliphatic heterocycles. The number of aromatic hydroxyl groups is 2. The number of carbonyl (C=O) groups is 1. The highest BCUT2D eigenvalue weighted by Crippen LogP contribution is 2.17. The summed E-state index contributed by atoms with van der Waals surface area (Å²) in [5.74, 6) is -0.523. The third-order valence-electron chi connectivity index (χ3n) is 0.981. The summed E-state index contributed by atoms with van der Waals surface area (Å²) >= 11 is 0. The van der Waals surface area contributed by atoms with Crippen molar-refractivity contribution < 1.29 is 15.0 Å². The summed E-state index contributed by atoms with van der Waals surface area (Å²) in [7, 11) is 0. The van der Waals surface area contributed by atoms with Gasteiger partial charge in [-0.25, -0.2) is 4.57 Å². The summed E-state index contributed by atoms with van der Waals surface area (Å²) in [6, 6.07) is 2.45. The molecule has 1 rings (SSSR count). The molecule has 1 aromatic rings. The third-order valence-corrected chi connectivity index (χ3v) is 0.981. The lowest BCUT2D eigenvalue weighted by molar-refractivity contribution is 0.401. The molecule has 0 aromatic carbocycles. The fraction of sp³-hybridized carbons (Fsp3) is 0. The van der Waals surface area contributed by atoms with E-state index in [9.17, 15) is 4.79 Å². The first kappa shape index (κ1) is 5.68. The lowest BCUT2D eigenvalue weighted by Crippen LogP contribution is -1.90. The molecular formula is C5H5NO3. The zero-order valence-electron chi connectivity index (χ0n) is 4.48. The molecule has 1 heterocycles. The van der Waals surface area contributed by atoms with E-state index in [-0.39, 0.29) is 11.8 Å². The van der Waals surface area contributed by atoms with Crippen molar-refractivity contribution in [2.45, 2.75) is 0 Å². The molecule has 0 aliphatic rings. The molecule has 0 amide bonds. The monoisotopic (exact) mass is 127 g/mol. The number of aromatic nitrogens is 1. The third kappa shape index (κ3) is 0.739. The molecule has 2 N–H and O–H groups in total. The average molecular weight is 127 g/mol. The molecule has 0 radical (unpaired) electrons. The Morgan fingerprint density at radius 2 is 1.78 bits per heavy atom. The Kier molecular flexibility index (Phi) is 1.14. The van der Waals surface area contributed by atoms with Gasteiger partial charge in [-0.1, -0.05) is 0 Å².